The molecule has 2 aromatic heterocycles. The highest BCUT2D eigenvalue weighted by Gasteiger charge is 2.11. The lowest BCUT2D eigenvalue weighted by Gasteiger charge is -1.92. The van der Waals surface area contributed by atoms with Gasteiger partial charge in [0.2, 0.25) is 0 Å². The maximum absolute atomic E-state index is 11.3. The number of sulfone groups is 1. The van der Waals surface area contributed by atoms with Crippen molar-refractivity contribution >= 4 is 38.6 Å². The second-order valence-corrected chi connectivity index (χ2v) is 7.62. The van der Waals surface area contributed by atoms with Gasteiger partial charge in [0.05, 0.1) is 0 Å². The fraction of sp³-hybridized carbons (Fsp3) is 0.0833. The monoisotopic (exact) mass is 295 g/mol. The highest BCUT2D eigenvalue weighted by atomic mass is 32.2. The lowest BCUT2D eigenvalue weighted by Crippen LogP contribution is -1.97. The molecule has 0 amide bonds. The number of allylic oxidation sites excluding steroid dienone is 1. The minimum Gasteiger partial charge on any atom is -0.223 e. The molecule has 0 aliphatic carbocycles. The largest absolute Gasteiger partial charge is 0.223 e. The third-order valence-electron chi connectivity index (χ3n) is 2.17. The molecule has 0 saturated heterocycles. The third kappa shape index (κ3) is 2.88. The number of nitrogens with zero attached hydrogens (tertiary/aromatic N) is 1. The molecule has 0 spiro atoms. The molecule has 0 fully saturated rings. The van der Waals surface area contributed by atoms with Crippen LogP contribution in [0.15, 0.2) is 34.6 Å². The van der Waals surface area contributed by atoms with E-state index in [2.05, 4.69) is 0 Å². The number of hydrogen-bond donors (Lipinski definition) is 0. The van der Waals surface area contributed by atoms with Gasteiger partial charge in [0, 0.05) is 20.9 Å². The Morgan fingerprint density at radius 2 is 2.11 bits per heavy atom. The Morgan fingerprint density at radius 3 is 2.67 bits per heavy atom. The van der Waals surface area contributed by atoms with Gasteiger partial charge in [-0.2, -0.15) is 5.26 Å². The normalized spacial score (nSPS) is 12.3. The number of hydrogen-bond acceptors (Lipinski definition) is 5. The van der Waals surface area contributed by atoms with Gasteiger partial charge >= 0.3 is 0 Å². The Balaban J connectivity index is 2.38. The van der Waals surface area contributed by atoms with Crippen LogP contribution in [0.4, 0.5) is 0 Å². The third-order valence-corrected chi connectivity index (χ3v) is 5.28. The predicted molar refractivity (Wildman–Crippen MR) is 76.1 cm³/mol. The first-order valence-corrected chi connectivity index (χ1v) is 8.55. The van der Waals surface area contributed by atoms with Crippen LogP contribution in [0.25, 0.3) is 15.8 Å². The van der Waals surface area contributed by atoms with Crippen LogP contribution in [0, 0.1) is 11.3 Å². The van der Waals surface area contributed by atoms with E-state index >= 15 is 0 Å². The van der Waals surface area contributed by atoms with Gasteiger partial charge in [-0.25, -0.2) is 8.42 Å². The molecule has 3 nitrogen and oxygen atoms in total. The van der Waals surface area contributed by atoms with Crippen LogP contribution >= 0.6 is 22.7 Å². The Bertz CT molecular complexity index is 716. The number of thiophene rings is 2. The molecule has 2 heterocycles. The molecule has 0 N–H and O–H groups in total. The molecule has 0 aromatic carbocycles. The van der Waals surface area contributed by atoms with Crippen molar-refractivity contribution < 1.29 is 8.42 Å². The first-order valence-electron chi connectivity index (χ1n) is 4.96. The summed E-state index contributed by atoms with van der Waals surface area (Å²) in [4.78, 5) is 2.77. The zero-order valence-corrected chi connectivity index (χ0v) is 11.9. The topological polar surface area (TPSA) is 57.9 Å². The number of rotatable bonds is 3. The smallest absolute Gasteiger partial charge is 0.185 e. The maximum atomic E-state index is 11.3. The second kappa shape index (κ2) is 5.06. The van der Waals surface area contributed by atoms with E-state index in [9.17, 15) is 8.42 Å². The van der Waals surface area contributed by atoms with Crippen LogP contribution in [0.3, 0.4) is 0 Å². The fourth-order valence-electron chi connectivity index (χ4n) is 1.33. The summed E-state index contributed by atoms with van der Waals surface area (Å²) in [5.41, 5.74) is 0. The molecule has 0 saturated carbocycles. The Kier molecular flexibility index (Phi) is 3.66. The lowest BCUT2D eigenvalue weighted by molar-refractivity contribution is 0.609. The summed E-state index contributed by atoms with van der Waals surface area (Å²) in [6, 6.07) is 9.44. The van der Waals surface area contributed by atoms with E-state index < -0.39 is 9.84 Å². The molecule has 18 heavy (non-hydrogen) atoms. The quantitative estimate of drug-likeness (QED) is 0.816. The lowest BCUT2D eigenvalue weighted by atomic mass is 10.3. The van der Waals surface area contributed by atoms with Crippen molar-refractivity contribution in [2.75, 3.05) is 6.26 Å². The zero-order chi connectivity index (χ0) is 13.2. The molecule has 2 rings (SSSR count). The summed E-state index contributed by atoms with van der Waals surface area (Å²) in [6.45, 7) is 0. The molecule has 0 atom stereocenters. The Morgan fingerprint density at radius 1 is 1.33 bits per heavy atom. The van der Waals surface area contributed by atoms with E-state index in [0.717, 1.165) is 20.9 Å². The van der Waals surface area contributed by atoms with Gasteiger partial charge in [-0.3, -0.25) is 0 Å². The minimum absolute atomic E-state index is 0.206. The van der Waals surface area contributed by atoms with Crippen LogP contribution in [-0.4, -0.2) is 14.7 Å². The first kappa shape index (κ1) is 13.0. The van der Waals surface area contributed by atoms with Crippen LogP contribution in [-0.2, 0) is 9.84 Å². The molecule has 2 aromatic rings. The average Bonchev–Trinajstić information content (AvgIpc) is 2.94. The summed E-state index contributed by atoms with van der Waals surface area (Å²) in [6.07, 6.45) is 2.45. The SMILES string of the molecule is CS(=O)(=O)/C(C#N)=C/c1ccc(-c2cccs2)s1. The molecule has 0 aliphatic rings. The van der Waals surface area contributed by atoms with Gasteiger partial charge in [0.15, 0.2) is 9.84 Å². The van der Waals surface area contributed by atoms with Crippen LogP contribution in [0.5, 0.6) is 0 Å². The van der Waals surface area contributed by atoms with Crippen molar-refractivity contribution in [1.29, 1.82) is 5.26 Å². The second-order valence-electron chi connectivity index (χ2n) is 3.57. The van der Waals surface area contributed by atoms with Crippen LogP contribution < -0.4 is 0 Å². The summed E-state index contributed by atoms with van der Waals surface area (Å²) < 4.78 is 22.6. The van der Waals surface area contributed by atoms with Crippen LogP contribution in [0.2, 0.25) is 0 Å². The molecule has 0 aliphatic heterocycles. The highest BCUT2D eigenvalue weighted by molar-refractivity contribution is 7.95. The van der Waals surface area contributed by atoms with Crippen molar-refractivity contribution in [1.82, 2.24) is 0 Å². The molecule has 92 valence electrons. The molecular formula is C12H9NO2S3. The van der Waals surface area contributed by atoms with Gasteiger partial charge < -0.3 is 0 Å². The summed E-state index contributed by atoms with van der Waals surface area (Å²) in [5.74, 6) is 0. The van der Waals surface area contributed by atoms with Crippen molar-refractivity contribution in [3.8, 4) is 15.8 Å². The van der Waals surface area contributed by atoms with Gasteiger partial charge in [-0.05, 0) is 29.7 Å². The van der Waals surface area contributed by atoms with Gasteiger partial charge in [-0.1, -0.05) is 6.07 Å². The summed E-state index contributed by atoms with van der Waals surface area (Å²) in [7, 11) is -3.45. The molecule has 0 radical (unpaired) electrons. The van der Waals surface area contributed by atoms with Crippen molar-refractivity contribution in [3.05, 3.63) is 39.4 Å². The van der Waals surface area contributed by atoms with Crippen molar-refractivity contribution in [2.45, 2.75) is 0 Å². The van der Waals surface area contributed by atoms with Gasteiger partial charge in [0.25, 0.3) is 0 Å². The maximum Gasteiger partial charge on any atom is 0.185 e. The van der Waals surface area contributed by atoms with E-state index in [4.69, 9.17) is 5.26 Å². The standard InChI is InChI=1S/C12H9NO2S3/c1-18(14,15)10(8-13)7-9-4-5-12(17-9)11-3-2-6-16-11/h2-7H,1H3/b10-7+. The Hall–Kier alpha value is -1.42. The highest BCUT2D eigenvalue weighted by Crippen LogP contribution is 2.32. The number of nitriles is 1. The fourth-order valence-corrected chi connectivity index (χ4v) is 3.70. The van der Waals surface area contributed by atoms with Gasteiger partial charge in [0.1, 0.15) is 11.0 Å². The summed E-state index contributed by atoms with van der Waals surface area (Å²) >= 11 is 3.09. The zero-order valence-electron chi connectivity index (χ0n) is 9.45. The molecular weight excluding hydrogens is 286 g/mol. The van der Waals surface area contributed by atoms with E-state index in [-0.39, 0.29) is 4.91 Å². The average molecular weight is 295 g/mol. The van der Waals surface area contributed by atoms with E-state index in [1.165, 1.54) is 17.4 Å². The summed E-state index contributed by atoms with van der Waals surface area (Å²) in [5, 5.41) is 10.8. The Labute approximate surface area is 114 Å². The van der Waals surface area contributed by atoms with E-state index in [1.807, 2.05) is 29.6 Å². The van der Waals surface area contributed by atoms with Crippen molar-refractivity contribution in [2.24, 2.45) is 0 Å². The predicted octanol–water partition coefficient (Wildman–Crippen LogP) is 3.39. The molecule has 0 unspecified atom stereocenters. The van der Waals surface area contributed by atoms with Gasteiger partial charge in [-0.15, -0.1) is 22.7 Å². The minimum atomic E-state index is -3.45. The molecule has 0 bridgehead atoms. The first-order chi connectivity index (χ1) is 8.50. The van der Waals surface area contributed by atoms with Crippen molar-refractivity contribution in [3.63, 3.8) is 0 Å². The van der Waals surface area contributed by atoms with Crippen LogP contribution in [0.1, 0.15) is 4.88 Å². The van der Waals surface area contributed by atoms with E-state index in [0.29, 0.717) is 0 Å². The van der Waals surface area contributed by atoms with E-state index in [1.54, 1.807) is 17.4 Å². The molecule has 6 heteroatoms.